The number of hydrogen-bond donors (Lipinski definition) is 0. The van der Waals surface area contributed by atoms with Gasteiger partial charge < -0.3 is 14.2 Å². The minimum Gasteiger partial charge on any atom is -0.381 e. The second-order valence-corrected chi connectivity index (χ2v) is 17.5. The van der Waals surface area contributed by atoms with Crippen molar-refractivity contribution in [2.24, 2.45) is 69.5 Å². The molecule has 0 saturated heterocycles. The summed E-state index contributed by atoms with van der Waals surface area (Å²) in [4.78, 5) is 0. The SMILES string of the molecule is CCOCC1(CC2CC3CCC(C4CCC(C)(COCC)C5CCCCC45)C3C2(C)COCC)CCC2CCCCC2C1. The first-order valence-corrected chi connectivity index (χ1v) is 19.6. The molecule has 3 heteroatoms. The van der Waals surface area contributed by atoms with Crippen molar-refractivity contribution < 1.29 is 14.2 Å². The van der Waals surface area contributed by atoms with E-state index in [1.54, 1.807) is 0 Å². The fourth-order valence-electron chi connectivity index (χ4n) is 13.4. The summed E-state index contributed by atoms with van der Waals surface area (Å²) in [5, 5.41) is 0. The number of hydrogen-bond acceptors (Lipinski definition) is 3. The van der Waals surface area contributed by atoms with Crippen LogP contribution in [-0.2, 0) is 14.2 Å². The Kier molecular flexibility index (Phi) is 10.6. The molecule has 12 unspecified atom stereocenters. The first-order chi connectivity index (χ1) is 20.9. The molecule has 0 heterocycles. The van der Waals surface area contributed by atoms with Crippen molar-refractivity contribution >= 4 is 0 Å². The monoisotopic (exact) mass is 599 g/mol. The van der Waals surface area contributed by atoms with Gasteiger partial charge in [0, 0.05) is 19.8 Å². The summed E-state index contributed by atoms with van der Waals surface area (Å²) in [7, 11) is 0. The summed E-state index contributed by atoms with van der Waals surface area (Å²) in [5.41, 5.74) is 1.12. The molecule has 6 rings (SSSR count). The van der Waals surface area contributed by atoms with Crippen LogP contribution in [0.3, 0.4) is 0 Å². The van der Waals surface area contributed by atoms with E-state index in [1.807, 2.05) is 0 Å². The van der Waals surface area contributed by atoms with Crippen molar-refractivity contribution in [2.75, 3.05) is 39.6 Å². The third-order valence-corrected chi connectivity index (χ3v) is 15.3. The number of fused-ring (bicyclic) bond motifs is 3. The highest BCUT2D eigenvalue weighted by Gasteiger charge is 2.61. The highest BCUT2D eigenvalue weighted by Crippen LogP contribution is 2.67. The van der Waals surface area contributed by atoms with Crippen LogP contribution in [0.4, 0.5) is 0 Å². The van der Waals surface area contributed by atoms with Crippen LogP contribution in [0, 0.1) is 69.5 Å². The molecular formula is C40H70O3. The van der Waals surface area contributed by atoms with E-state index in [4.69, 9.17) is 14.2 Å². The molecule has 6 aliphatic rings. The second-order valence-electron chi connectivity index (χ2n) is 17.5. The molecule has 0 aromatic rings. The maximum absolute atomic E-state index is 6.52. The summed E-state index contributed by atoms with van der Waals surface area (Å²) in [5.74, 6) is 8.22. The number of ether oxygens (including phenoxy) is 3. The minimum atomic E-state index is 0.320. The van der Waals surface area contributed by atoms with Crippen LogP contribution >= 0.6 is 0 Å². The van der Waals surface area contributed by atoms with E-state index in [9.17, 15) is 0 Å². The second kappa shape index (κ2) is 13.9. The van der Waals surface area contributed by atoms with Crippen LogP contribution in [0.25, 0.3) is 0 Å². The maximum Gasteiger partial charge on any atom is 0.0525 e. The van der Waals surface area contributed by atoms with Crippen molar-refractivity contribution in [1.82, 2.24) is 0 Å². The molecule has 0 spiro atoms. The summed E-state index contributed by atoms with van der Waals surface area (Å²) in [6.45, 7) is 17.5. The molecule has 0 N–H and O–H groups in total. The topological polar surface area (TPSA) is 27.7 Å². The van der Waals surface area contributed by atoms with E-state index in [0.717, 1.165) is 92.9 Å². The van der Waals surface area contributed by atoms with Gasteiger partial charge in [0.2, 0.25) is 0 Å². The van der Waals surface area contributed by atoms with Gasteiger partial charge in [-0.3, -0.25) is 0 Å². The maximum atomic E-state index is 6.52. The molecule has 0 aliphatic heterocycles. The van der Waals surface area contributed by atoms with Gasteiger partial charge in [0.15, 0.2) is 0 Å². The van der Waals surface area contributed by atoms with Gasteiger partial charge in [-0.1, -0.05) is 52.4 Å². The average Bonchev–Trinajstić information content (AvgIpc) is 3.56. The zero-order valence-corrected chi connectivity index (χ0v) is 29.2. The lowest BCUT2D eigenvalue weighted by molar-refractivity contribution is -0.0982. The van der Waals surface area contributed by atoms with Crippen LogP contribution < -0.4 is 0 Å². The minimum absolute atomic E-state index is 0.320. The Balaban J connectivity index is 1.24. The summed E-state index contributed by atoms with van der Waals surface area (Å²) >= 11 is 0. The van der Waals surface area contributed by atoms with Crippen molar-refractivity contribution in [3.8, 4) is 0 Å². The fourth-order valence-corrected chi connectivity index (χ4v) is 13.4. The smallest absolute Gasteiger partial charge is 0.0525 e. The molecule has 0 radical (unpaired) electrons. The molecule has 0 bridgehead atoms. The molecule has 0 aromatic heterocycles. The third-order valence-electron chi connectivity index (χ3n) is 15.3. The van der Waals surface area contributed by atoms with Gasteiger partial charge in [0.1, 0.15) is 0 Å². The molecule has 0 amide bonds. The lowest BCUT2D eigenvalue weighted by atomic mass is 9.51. The zero-order chi connectivity index (χ0) is 30.1. The zero-order valence-electron chi connectivity index (χ0n) is 29.2. The van der Waals surface area contributed by atoms with Crippen LogP contribution in [-0.4, -0.2) is 39.6 Å². The van der Waals surface area contributed by atoms with E-state index >= 15 is 0 Å². The number of rotatable bonds is 12. The summed E-state index contributed by atoms with van der Waals surface area (Å²) in [6.07, 6.45) is 24.8. The first kappa shape index (κ1) is 32.8. The highest BCUT2D eigenvalue weighted by molar-refractivity contribution is 5.10. The molecule has 248 valence electrons. The molecule has 43 heavy (non-hydrogen) atoms. The Morgan fingerprint density at radius 2 is 1.28 bits per heavy atom. The van der Waals surface area contributed by atoms with Gasteiger partial charge in [-0.2, -0.15) is 0 Å². The van der Waals surface area contributed by atoms with E-state index in [2.05, 4.69) is 34.6 Å². The molecule has 6 saturated carbocycles. The first-order valence-electron chi connectivity index (χ1n) is 19.6. The highest BCUT2D eigenvalue weighted by atomic mass is 16.5. The predicted octanol–water partition coefficient (Wildman–Crippen LogP) is 10.4. The van der Waals surface area contributed by atoms with Gasteiger partial charge in [-0.25, -0.2) is 0 Å². The van der Waals surface area contributed by atoms with E-state index in [-0.39, 0.29) is 0 Å². The van der Waals surface area contributed by atoms with Crippen LogP contribution in [0.5, 0.6) is 0 Å². The predicted molar refractivity (Wildman–Crippen MR) is 178 cm³/mol. The normalized spacial score (nSPS) is 48.1. The van der Waals surface area contributed by atoms with Crippen LogP contribution in [0.1, 0.15) is 144 Å². The molecule has 12 atom stereocenters. The van der Waals surface area contributed by atoms with Gasteiger partial charge in [-0.05, 0) is 161 Å². The Bertz CT molecular complexity index is 889. The standard InChI is InChI=1S/C40H70O3/c1-6-41-26-38(4)21-20-33(34-15-11-12-16-36(34)38)35-18-17-30-23-32(39(5,37(30)35)27-42-7-2)25-40(28-43-8-3)22-19-29-13-9-10-14-31(29)24-40/h29-37H,6-28H2,1-5H3. The molecule has 6 aliphatic carbocycles. The van der Waals surface area contributed by atoms with E-state index in [0.29, 0.717) is 16.2 Å². The lowest BCUT2D eigenvalue weighted by Crippen LogP contribution is -2.50. The van der Waals surface area contributed by atoms with Crippen molar-refractivity contribution in [3.05, 3.63) is 0 Å². The fraction of sp³-hybridized carbons (Fsp3) is 1.00. The Labute approximate surface area is 266 Å². The largest absolute Gasteiger partial charge is 0.381 e. The van der Waals surface area contributed by atoms with Gasteiger partial charge in [-0.15, -0.1) is 0 Å². The molecule has 3 nitrogen and oxygen atoms in total. The van der Waals surface area contributed by atoms with Crippen molar-refractivity contribution in [3.63, 3.8) is 0 Å². The quantitative estimate of drug-likeness (QED) is 0.224. The summed E-state index contributed by atoms with van der Waals surface area (Å²) < 4.78 is 19.1. The Morgan fingerprint density at radius 1 is 0.581 bits per heavy atom. The average molecular weight is 599 g/mol. The molecular weight excluding hydrogens is 528 g/mol. The van der Waals surface area contributed by atoms with E-state index < -0.39 is 0 Å². The molecule has 0 aromatic carbocycles. The van der Waals surface area contributed by atoms with Gasteiger partial charge >= 0.3 is 0 Å². The van der Waals surface area contributed by atoms with E-state index in [1.165, 1.54) is 109 Å². The van der Waals surface area contributed by atoms with Crippen LogP contribution in [0.15, 0.2) is 0 Å². The van der Waals surface area contributed by atoms with Crippen molar-refractivity contribution in [1.29, 1.82) is 0 Å². The lowest BCUT2D eigenvalue weighted by Gasteiger charge is -2.55. The molecule has 6 fully saturated rings. The summed E-state index contributed by atoms with van der Waals surface area (Å²) in [6, 6.07) is 0. The van der Waals surface area contributed by atoms with Gasteiger partial charge in [0.25, 0.3) is 0 Å². The Morgan fingerprint density at radius 3 is 2.07 bits per heavy atom. The van der Waals surface area contributed by atoms with Crippen molar-refractivity contribution in [2.45, 2.75) is 144 Å². The van der Waals surface area contributed by atoms with Crippen LogP contribution in [0.2, 0.25) is 0 Å². The third kappa shape index (κ3) is 6.42. The van der Waals surface area contributed by atoms with Gasteiger partial charge in [0.05, 0.1) is 19.8 Å². The Hall–Kier alpha value is -0.120.